The number of aryl methyl sites for hydroxylation is 2. The van der Waals surface area contributed by atoms with Crippen LogP contribution in [0.5, 0.6) is 0 Å². The van der Waals surface area contributed by atoms with E-state index < -0.39 is 6.04 Å². The maximum absolute atomic E-state index is 11.5. The quantitative estimate of drug-likeness (QED) is 0.869. The van der Waals surface area contributed by atoms with Gasteiger partial charge >= 0.3 is 5.97 Å². The van der Waals surface area contributed by atoms with Gasteiger partial charge in [-0.1, -0.05) is 13.0 Å². The van der Waals surface area contributed by atoms with Crippen LogP contribution >= 0.6 is 0 Å². The molecule has 1 unspecified atom stereocenters. The van der Waals surface area contributed by atoms with Gasteiger partial charge in [0, 0.05) is 30.1 Å². The van der Waals surface area contributed by atoms with Gasteiger partial charge in [0.2, 0.25) is 0 Å². The topological polar surface area (TPSA) is 57.3 Å². The smallest absolute Gasteiger partial charge is 0.322 e. The largest absolute Gasteiger partial charge is 0.468 e. The summed E-state index contributed by atoms with van der Waals surface area (Å²) in [6.45, 7) is 4.20. The van der Waals surface area contributed by atoms with Crippen LogP contribution in [-0.2, 0) is 29.4 Å². The number of benzene rings is 1. The number of rotatable bonds is 4. The summed E-state index contributed by atoms with van der Waals surface area (Å²) in [5.74, 6) is -0.368. The molecule has 0 saturated heterocycles. The highest BCUT2D eigenvalue weighted by molar-refractivity contribution is 5.87. The summed E-state index contributed by atoms with van der Waals surface area (Å²) in [7, 11) is 3.41. The lowest BCUT2D eigenvalue weighted by Gasteiger charge is -2.10. The fourth-order valence-electron chi connectivity index (χ4n) is 2.63. The number of methoxy groups -OCH3 is 1. The van der Waals surface area contributed by atoms with Crippen molar-refractivity contribution >= 4 is 16.9 Å². The molecule has 2 rings (SSSR count). The Morgan fingerprint density at radius 1 is 1.45 bits per heavy atom. The molecule has 0 fully saturated rings. The van der Waals surface area contributed by atoms with Crippen molar-refractivity contribution < 1.29 is 9.53 Å². The second-order valence-electron chi connectivity index (χ2n) is 5.16. The van der Waals surface area contributed by atoms with Crippen LogP contribution in [-0.4, -0.2) is 23.7 Å². The lowest BCUT2D eigenvalue weighted by molar-refractivity contribution is -0.142. The van der Waals surface area contributed by atoms with E-state index in [0.717, 1.165) is 17.7 Å². The van der Waals surface area contributed by atoms with E-state index in [4.69, 9.17) is 10.5 Å². The van der Waals surface area contributed by atoms with Gasteiger partial charge in [0.25, 0.3) is 0 Å². The van der Waals surface area contributed by atoms with Gasteiger partial charge in [-0.15, -0.1) is 0 Å². The maximum atomic E-state index is 11.5. The molecule has 1 atom stereocenters. The number of esters is 1. The summed E-state index contributed by atoms with van der Waals surface area (Å²) in [5, 5.41) is 1.18. The highest BCUT2D eigenvalue weighted by Gasteiger charge is 2.19. The van der Waals surface area contributed by atoms with Crippen molar-refractivity contribution in [3.63, 3.8) is 0 Å². The molecule has 0 spiro atoms. The van der Waals surface area contributed by atoms with E-state index in [1.54, 1.807) is 0 Å². The molecule has 20 heavy (non-hydrogen) atoms. The zero-order valence-corrected chi connectivity index (χ0v) is 12.6. The summed E-state index contributed by atoms with van der Waals surface area (Å²) in [6, 6.07) is 5.86. The molecule has 4 nitrogen and oxygen atoms in total. The van der Waals surface area contributed by atoms with Gasteiger partial charge < -0.3 is 15.0 Å². The minimum absolute atomic E-state index is 0.368. The number of carbonyl (C=O) groups is 1. The molecule has 1 heterocycles. The molecule has 0 radical (unpaired) electrons. The third-order valence-corrected chi connectivity index (χ3v) is 4.02. The highest BCUT2D eigenvalue weighted by atomic mass is 16.5. The first-order valence-electron chi connectivity index (χ1n) is 6.89. The summed E-state index contributed by atoms with van der Waals surface area (Å²) in [6.07, 6.45) is 1.50. The van der Waals surface area contributed by atoms with Crippen molar-refractivity contribution in [2.45, 2.75) is 32.7 Å². The minimum atomic E-state index is -0.616. The molecule has 0 aliphatic heterocycles. The first-order chi connectivity index (χ1) is 9.49. The highest BCUT2D eigenvalue weighted by Crippen LogP contribution is 2.27. The number of hydrogen-bond donors (Lipinski definition) is 1. The first-order valence-corrected chi connectivity index (χ1v) is 6.89. The second-order valence-corrected chi connectivity index (χ2v) is 5.16. The number of ether oxygens (including phenoxy) is 1. The standard InChI is InChI=1S/C16H22N2O2/c1-5-11-6-7-15-13(8-11)12(10(2)18(15)3)9-14(17)16(19)20-4/h6-8,14H,5,9,17H2,1-4H3. The lowest BCUT2D eigenvalue weighted by atomic mass is 10.0. The number of fused-ring (bicyclic) bond motifs is 1. The summed E-state index contributed by atoms with van der Waals surface area (Å²) < 4.78 is 6.86. The number of nitrogens with two attached hydrogens (primary N) is 1. The normalized spacial score (nSPS) is 12.7. The van der Waals surface area contributed by atoms with Gasteiger partial charge in [-0.2, -0.15) is 0 Å². The van der Waals surface area contributed by atoms with E-state index in [1.165, 1.54) is 23.6 Å². The molecule has 2 aromatic rings. The molecule has 108 valence electrons. The Balaban J connectivity index is 2.51. The fourth-order valence-corrected chi connectivity index (χ4v) is 2.63. The van der Waals surface area contributed by atoms with Crippen molar-refractivity contribution in [3.05, 3.63) is 35.0 Å². The third-order valence-electron chi connectivity index (χ3n) is 4.02. The Morgan fingerprint density at radius 2 is 2.15 bits per heavy atom. The van der Waals surface area contributed by atoms with Gasteiger partial charge in [0.1, 0.15) is 6.04 Å². The van der Waals surface area contributed by atoms with Gasteiger partial charge in [0.05, 0.1) is 7.11 Å². The van der Waals surface area contributed by atoms with Crippen LogP contribution in [0.15, 0.2) is 18.2 Å². The average molecular weight is 274 g/mol. The SMILES string of the molecule is CCc1ccc2c(c1)c(CC(N)C(=O)OC)c(C)n2C. The van der Waals surface area contributed by atoms with E-state index in [2.05, 4.69) is 36.6 Å². The van der Waals surface area contributed by atoms with Crippen molar-refractivity contribution in [1.82, 2.24) is 4.57 Å². The maximum Gasteiger partial charge on any atom is 0.322 e. The zero-order valence-electron chi connectivity index (χ0n) is 12.6. The number of hydrogen-bond acceptors (Lipinski definition) is 3. The van der Waals surface area contributed by atoms with Crippen LogP contribution in [0.4, 0.5) is 0 Å². The van der Waals surface area contributed by atoms with E-state index >= 15 is 0 Å². The predicted octanol–water partition coefficient (Wildman–Crippen LogP) is 2.09. The Hall–Kier alpha value is -1.81. The van der Waals surface area contributed by atoms with E-state index in [-0.39, 0.29) is 5.97 Å². The van der Waals surface area contributed by atoms with Gasteiger partial charge in [-0.05, 0) is 36.6 Å². The molecular formula is C16H22N2O2. The number of nitrogens with zero attached hydrogens (tertiary/aromatic N) is 1. The van der Waals surface area contributed by atoms with Crippen molar-refractivity contribution in [2.24, 2.45) is 12.8 Å². The molecule has 1 aromatic heterocycles. The van der Waals surface area contributed by atoms with Gasteiger partial charge in [-0.25, -0.2) is 0 Å². The Morgan fingerprint density at radius 3 is 2.75 bits per heavy atom. The summed E-state index contributed by atoms with van der Waals surface area (Å²) in [4.78, 5) is 11.5. The van der Waals surface area contributed by atoms with Crippen LogP contribution < -0.4 is 5.73 Å². The van der Waals surface area contributed by atoms with Crippen molar-refractivity contribution in [3.8, 4) is 0 Å². The summed E-state index contributed by atoms with van der Waals surface area (Å²) >= 11 is 0. The predicted molar refractivity (Wildman–Crippen MR) is 80.7 cm³/mol. The van der Waals surface area contributed by atoms with Gasteiger partial charge in [0.15, 0.2) is 0 Å². The number of carbonyl (C=O) groups excluding carboxylic acids is 1. The number of aromatic nitrogens is 1. The van der Waals surface area contributed by atoms with Crippen molar-refractivity contribution in [2.75, 3.05) is 7.11 Å². The molecular weight excluding hydrogens is 252 g/mol. The molecule has 2 N–H and O–H groups in total. The van der Waals surface area contributed by atoms with E-state index in [1.807, 2.05) is 7.05 Å². The zero-order chi connectivity index (χ0) is 14.9. The minimum Gasteiger partial charge on any atom is -0.468 e. The molecule has 0 bridgehead atoms. The van der Waals surface area contributed by atoms with Crippen molar-refractivity contribution in [1.29, 1.82) is 0 Å². The molecule has 0 aliphatic rings. The van der Waals surface area contributed by atoms with Gasteiger partial charge in [-0.3, -0.25) is 4.79 Å². The monoisotopic (exact) mass is 274 g/mol. The lowest BCUT2D eigenvalue weighted by Crippen LogP contribution is -2.33. The Labute approximate surface area is 119 Å². The molecule has 0 aliphatic carbocycles. The van der Waals surface area contributed by atoms with E-state index in [0.29, 0.717) is 6.42 Å². The summed E-state index contributed by atoms with van der Waals surface area (Å²) in [5.41, 5.74) is 10.7. The van der Waals surface area contributed by atoms with Crippen LogP contribution in [0.3, 0.4) is 0 Å². The second kappa shape index (κ2) is 5.67. The van der Waals surface area contributed by atoms with Crippen LogP contribution in [0.2, 0.25) is 0 Å². The Kier molecular flexibility index (Phi) is 4.14. The van der Waals surface area contributed by atoms with Crippen LogP contribution in [0.25, 0.3) is 10.9 Å². The molecule has 0 saturated carbocycles. The molecule has 1 aromatic carbocycles. The molecule has 0 amide bonds. The Bertz CT molecular complexity index is 643. The molecule has 4 heteroatoms. The fraction of sp³-hybridized carbons (Fsp3) is 0.438. The van der Waals surface area contributed by atoms with Crippen LogP contribution in [0, 0.1) is 6.92 Å². The third kappa shape index (κ3) is 2.43. The van der Waals surface area contributed by atoms with Crippen LogP contribution in [0.1, 0.15) is 23.7 Å². The average Bonchev–Trinajstić information content (AvgIpc) is 2.70. The van der Waals surface area contributed by atoms with E-state index in [9.17, 15) is 4.79 Å². The first kappa shape index (κ1) is 14.6.